The van der Waals surface area contributed by atoms with Crippen LogP contribution in [0.25, 0.3) is 5.65 Å². The van der Waals surface area contributed by atoms with Crippen molar-refractivity contribution >= 4 is 23.3 Å². The number of imidazole rings is 1. The Kier molecular flexibility index (Phi) is 7.23. The van der Waals surface area contributed by atoms with Crippen LogP contribution in [0.1, 0.15) is 98.0 Å². The normalized spacial score (nSPS) is 23.0. The van der Waals surface area contributed by atoms with Gasteiger partial charge in [-0.05, 0) is 71.8 Å². The second kappa shape index (κ2) is 11.0. The highest BCUT2D eigenvalue weighted by Crippen LogP contribution is 2.45. The smallest absolute Gasteiger partial charge is 0.278 e. The standard InChI is InChI=1S/C29H34F4N8O3/c30-28(31)6-4-18(5-7-28)24(37-27(43)25-26(39-44-38-25)40-8-1-9-40)20-15-41-21(35-20)11-19(14-34-41)23(17-2-3-17)36-22(42)10-16-12-29(32,33)13-16/h11,14-18,23-24H,1-10,12-13H2,(H,36,42)(H,37,43)/t23-,24?/m1/s1. The third-order valence-corrected chi connectivity index (χ3v) is 9.46. The van der Waals surface area contributed by atoms with Crippen LogP contribution in [0.2, 0.25) is 0 Å². The average Bonchev–Trinajstić information content (AvgIpc) is 3.50. The van der Waals surface area contributed by atoms with Crippen molar-refractivity contribution in [1.29, 1.82) is 0 Å². The first-order valence-electron chi connectivity index (χ1n) is 15.3. The zero-order chi connectivity index (χ0) is 30.6. The molecule has 4 heterocycles. The zero-order valence-corrected chi connectivity index (χ0v) is 24.0. The van der Waals surface area contributed by atoms with Crippen molar-refractivity contribution in [3.05, 3.63) is 35.4 Å². The average molecular weight is 619 g/mol. The Morgan fingerprint density at radius 1 is 0.977 bits per heavy atom. The van der Waals surface area contributed by atoms with Gasteiger partial charge in [0.15, 0.2) is 5.65 Å². The number of nitrogens with zero attached hydrogens (tertiary/aromatic N) is 6. The Morgan fingerprint density at radius 2 is 1.70 bits per heavy atom. The Balaban J connectivity index is 1.12. The van der Waals surface area contributed by atoms with Crippen LogP contribution in [0.15, 0.2) is 23.1 Å². The molecule has 2 N–H and O–H groups in total. The number of hydrogen-bond donors (Lipinski definition) is 2. The molecule has 3 aliphatic carbocycles. The summed E-state index contributed by atoms with van der Waals surface area (Å²) in [5, 5.41) is 18.2. The van der Waals surface area contributed by atoms with E-state index >= 15 is 0 Å². The third-order valence-electron chi connectivity index (χ3n) is 9.46. The van der Waals surface area contributed by atoms with Gasteiger partial charge in [-0.2, -0.15) is 5.10 Å². The highest BCUT2D eigenvalue weighted by atomic mass is 19.3. The molecule has 0 radical (unpaired) electrons. The van der Waals surface area contributed by atoms with Crippen LogP contribution in [0.5, 0.6) is 0 Å². The van der Waals surface area contributed by atoms with Gasteiger partial charge in [-0.25, -0.2) is 31.7 Å². The van der Waals surface area contributed by atoms with Gasteiger partial charge in [0.2, 0.25) is 29.3 Å². The van der Waals surface area contributed by atoms with Crippen LogP contribution in [0.4, 0.5) is 23.4 Å². The molecule has 0 bridgehead atoms. The van der Waals surface area contributed by atoms with E-state index in [-0.39, 0.29) is 80.3 Å². The van der Waals surface area contributed by atoms with Gasteiger partial charge in [0, 0.05) is 45.2 Å². The Labute approximate surface area is 250 Å². The molecular weight excluding hydrogens is 584 g/mol. The first kappa shape index (κ1) is 29.0. The number of amides is 2. The van der Waals surface area contributed by atoms with Crippen LogP contribution in [0.3, 0.4) is 0 Å². The molecule has 1 aliphatic heterocycles. The van der Waals surface area contributed by atoms with Crippen molar-refractivity contribution in [2.24, 2.45) is 17.8 Å². The lowest BCUT2D eigenvalue weighted by Gasteiger charge is -2.34. The molecule has 0 spiro atoms. The lowest BCUT2D eigenvalue weighted by molar-refractivity contribution is -0.134. The maximum Gasteiger partial charge on any atom is 0.278 e. The predicted molar refractivity (Wildman–Crippen MR) is 147 cm³/mol. The van der Waals surface area contributed by atoms with Crippen molar-refractivity contribution in [3.8, 4) is 0 Å². The quantitative estimate of drug-likeness (QED) is 0.315. The fourth-order valence-corrected chi connectivity index (χ4v) is 6.66. The number of hydrogen-bond acceptors (Lipinski definition) is 8. The first-order valence-corrected chi connectivity index (χ1v) is 15.3. The number of halogens is 4. The van der Waals surface area contributed by atoms with Crippen molar-refractivity contribution in [2.75, 3.05) is 18.0 Å². The summed E-state index contributed by atoms with van der Waals surface area (Å²) >= 11 is 0. The minimum atomic E-state index is -2.75. The molecule has 1 saturated heterocycles. The van der Waals surface area contributed by atoms with Crippen LogP contribution >= 0.6 is 0 Å². The van der Waals surface area contributed by atoms with Gasteiger partial charge in [-0.15, -0.1) is 0 Å². The highest BCUT2D eigenvalue weighted by Gasteiger charge is 2.46. The molecule has 7 rings (SSSR count). The van der Waals surface area contributed by atoms with E-state index in [1.165, 1.54) is 0 Å². The number of aromatic nitrogens is 5. The van der Waals surface area contributed by atoms with Gasteiger partial charge in [-0.3, -0.25) is 9.59 Å². The van der Waals surface area contributed by atoms with Gasteiger partial charge < -0.3 is 15.5 Å². The second-order valence-electron chi connectivity index (χ2n) is 12.9. The molecule has 3 aromatic heterocycles. The van der Waals surface area contributed by atoms with Crippen molar-refractivity contribution in [3.63, 3.8) is 0 Å². The van der Waals surface area contributed by atoms with Gasteiger partial charge in [0.25, 0.3) is 5.91 Å². The molecule has 236 valence electrons. The Bertz CT molecular complexity index is 1530. The molecule has 15 heteroatoms. The number of alkyl halides is 4. The number of carbonyl (C=O) groups excluding carboxylic acids is 2. The fourth-order valence-electron chi connectivity index (χ4n) is 6.66. The summed E-state index contributed by atoms with van der Waals surface area (Å²) in [4.78, 5) is 32.8. The van der Waals surface area contributed by atoms with E-state index in [1.807, 2.05) is 11.0 Å². The summed E-state index contributed by atoms with van der Waals surface area (Å²) in [6.45, 7) is 1.46. The molecule has 4 aliphatic rings. The van der Waals surface area contributed by atoms with Crippen LogP contribution in [0, 0.1) is 17.8 Å². The van der Waals surface area contributed by atoms with Crippen molar-refractivity contribution < 1.29 is 31.8 Å². The number of fused-ring (bicyclic) bond motifs is 1. The lowest BCUT2D eigenvalue weighted by Crippen LogP contribution is -2.40. The van der Waals surface area contributed by atoms with E-state index in [2.05, 4.69) is 26.0 Å². The third kappa shape index (κ3) is 5.96. The van der Waals surface area contributed by atoms with Crippen molar-refractivity contribution in [2.45, 2.75) is 88.1 Å². The number of nitrogens with one attached hydrogen (secondary N) is 2. The fraction of sp³-hybridized carbons (Fsp3) is 0.655. The van der Waals surface area contributed by atoms with E-state index in [1.54, 1.807) is 16.9 Å². The molecule has 3 saturated carbocycles. The van der Waals surface area contributed by atoms with E-state index in [0.717, 1.165) is 37.9 Å². The van der Waals surface area contributed by atoms with E-state index in [4.69, 9.17) is 9.61 Å². The highest BCUT2D eigenvalue weighted by molar-refractivity contribution is 5.97. The molecule has 3 aromatic rings. The number of rotatable bonds is 10. The van der Waals surface area contributed by atoms with Gasteiger partial charge in [0.1, 0.15) is 0 Å². The summed E-state index contributed by atoms with van der Waals surface area (Å²) < 4.78 is 61.1. The van der Waals surface area contributed by atoms with E-state index < -0.39 is 23.8 Å². The summed E-state index contributed by atoms with van der Waals surface area (Å²) in [7, 11) is 0. The summed E-state index contributed by atoms with van der Waals surface area (Å²) in [5.41, 5.74) is 1.72. The maximum absolute atomic E-state index is 14.1. The number of carbonyl (C=O) groups is 2. The SMILES string of the molecule is O=C(CC1CC(F)(F)C1)N[C@@H](c1cnn2cc(C(NC(=O)c3nonc3N3CCC3)C3CCC(F)(F)CC3)nc2c1)C1CC1. The van der Waals surface area contributed by atoms with Crippen molar-refractivity contribution in [1.82, 2.24) is 35.5 Å². The summed E-state index contributed by atoms with van der Waals surface area (Å²) in [6.07, 6.45) is 5.50. The largest absolute Gasteiger partial charge is 0.352 e. The van der Waals surface area contributed by atoms with Gasteiger partial charge in [-0.1, -0.05) is 0 Å². The van der Waals surface area contributed by atoms with Crippen LogP contribution in [-0.2, 0) is 4.79 Å². The van der Waals surface area contributed by atoms with E-state index in [9.17, 15) is 27.2 Å². The Hall–Kier alpha value is -3.78. The van der Waals surface area contributed by atoms with E-state index in [0.29, 0.717) is 17.2 Å². The lowest BCUT2D eigenvalue weighted by atomic mass is 9.79. The Morgan fingerprint density at radius 3 is 2.36 bits per heavy atom. The molecular formula is C29H34F4N8O3. The van der Waals surface area contributed by atoms with Crippen LogP contribution in [-0.4, -0.2) is 61.7 Å². The second-order valence-corrected chi connectivity index (χ2v) is 12.9. The zero-order valence-electron chi connectivity index (χ0n) is 24.0. The summed E-state index contributed by atoms with van der Waals surface area (Å²) in [5.74, 6) is -6.26. The molecule has 4 fully saturated rings. The first-order chi connectivity index (χ1) is 21.0. The van der Waals surface area contributed by atoms with Gasteiger partial charge in [0.05, 0.1) is 30.2 Å². The molecule has 44 heavy (non-hydrogen) atoms. The molecule has 2 atom stereocenters. The minimum Gasteiger partial charge on any atom is -0.352 e. The number of anilines is 1. The molecule has 11 nitrogen and oxygen atoms in total. The van der Waals surface area contributed by atoms with Gasteiger partial charge >= 0.3 is 0 Å². The minimum absolute atomic E-state index is 0.0358. The predicted octanol–water partition coefficient (Wildman–Crippen LogP) is 4.62. The topological polar surface area (TPSA) is 131 Å². The van der Waals surface area contributed by atoms with Crippen LogP contribution < -0.4 is 15.5 Å². The maximum atomic E-state index is 14.1. The molecule has 0 aromatic carbocycles. The molecule has 2 amide bonds. The summed E-state index contributed by atoms with van der Waals surface area (Å²) in [6, 6.07) is 0.801. The molecule has 1 unspecified atom stereocenters. The monoisotopic (exact) mass is 618 g/mol.